The number of carbonyl (C=O) groups excluding carboxylic acids is 1. The summed E-state index contributed by atoms with van der Waals surface area (Å²) in [5.74, 6) is 0.494. The summed E-state index contributed by atoms with van der Waals surface area (Å²) in [6, 6.07) is 13.3. The minimum absolute atomic E-state index is 0.0646. The van der Waals surface area contributed by atoms with Gasteiger partial charge in [-0.05, 0) is 62.1 Å². The Balaban J connectivity index is 2.02. The van der Waals surface area contributed by atoms with Crippen molar-refractivity contribution in [2.75, 3.05) is 5.75 Å². The second kappa shape index (κ2) is 8.82. The van der Waals surface area contributed by atoms with Crippen molar-refractivity contribution >= 4 is 28.6 Å². The predicted molar refractivity (Wildman–Crippen MR) is 120 cm³/mol. The molecule has 0 bridgehead atoms. The van der Waals surface area contributed by atoms with Gasteiger partial charge >= 0.3 is 0 Å². The third-order valence-electron chi connectivity index (χ3n) is 5.21. The number of para-hydroxylation sites is 1. The molecule has 0 spiro atoms. The summed E-state index contributed by atoms with van der Waals surface area (Å²) in [5, 5.41) is 4.08. The minimum Gasteiger partial charge on any atom is -0.353 e. The van der Waals surface area contributed by atoms with Crippen LogP contribution in [0.4, 0.5) is 0 Å². The van der Waals surface area contributed by atoms with Crippen LogP contribution in [0.25, 0.3) is 16.6 Å². The Labute approximate surface area is 175 Å². The smallest absolute Gasteiger partial charge is 0.266 e. The second-order valence-corrected chi connectivity index (χ2v) is 8.65. The zero-order chi connectivity index (χ0) is 21.1. The highest BCUT2D eigenvalue weighted by Crippen LogP contribution is 2.22. The van der Waals surface area contributed by atoms with E-state index in [0.29, 0.717) is 22.0 Å². The third kappa shape index (κ3) is 4.70. The van der Waals surface area contributed by atoms with Crippen molar-refractivity contribution in [2.24, 2.45) is 5.92 Å². The molecule has 0 aliphatic carbocycles. The molecule has 1 heterocycles. The second-order valence-electron chi connectivity index (χ2n) is 7.71. The van der Waals surface area contributed by atoms with Gasteiger partial charge in [0.1, 0.15) is 0 Å². The van der Waals surface area contributed by atoms with E-state index >= 15 is 0 Å². The number of aryl methyl sites for hydroxylation is 2. The van der Waals surface area contributed by atoms with Gasteiger partial charge in [0.2, 0.25) is 5.91 Å². The molecule has 0 saturated heterocycles. The van der Waals surface area contributed by atoms with Crippen LogP contribution < -0.4 is 10.9 Å². The lowest BCUT2D eigenvalue weighted by Gasteiger charge is -2.18. The van der Waals surface area contributed by atoms with Crippen molar-refractivity contribution in [1.82, 2.24) is 14.9 Å². The molecule has 0 saturated carbocycles. The van der Waals surface area contributed by atoms with Gasteiger partial charge in [-0.1, -0.05) is 43.8 Å². The van der Waals surface area contributed by atoms with Crippen LogP contribution in [0, 0.1) is 19.8 Å². The first-order chi connectivity index (χ1) is 13.8. The highest BCUT2D eigenvalue weighted by atomic mass is 32.2. The first-order valence-electron chi connectivity index (χ1n) is 9.79. The van der Waals surface area contributed by atoms with Gasteiger partial charge in [-0.2, -0.15) is 0 Å². The Kier molecular flexibility index (Phi) is 6.42. The fraction of sp³-hybridized carbons (Fsp3) is 0.348. The van der Waals surface area contributed by atoms with E-state index in [4.69, 9.17) is 4.98 Å². The van der Waals surface area contributed by atoms with Crippen LogP contribution >= 0.6 is 11.8 Å². The minimum atomic E-state index is -0.127. The molecule has 0 aliphatic heterocycles. The molecule has 1 atom stereocenters. The van der Waals surface area contributed by atoms with Crippen molar-refractivity contribution in [1.29, 1.82) is 0 Å². The summed E-state index contributed by atoms with van der Waals surface area (Å²) in [5.41, 5.74) is 3.52. The zero-order valence-corrected chi connectivity index (χ0v) is 18.3. The van der Waals surface area contributed by atoms with Crippen LogP contribution in [0.15, 0.2) is 52.4 Å². The van der Waals surface area contributed by atoms with E-state index in [1.165, 1.54) is 11.8 Å². The number of aromatic nitrogens is 2. The number of hydrogen-bond donors (Lipinski definition) is 1. The molecule has 2 aromatic carbocycles. The standard InChI is InChI=1S/C23H27N3O2S/c1-14(2)17(5)24-21(27)13-29-23-25-20-9-7-6-8-19(20)22(28)26(23)18-11-10-15(3)16(4)12-18/h6-12,14,17H,13H2,1-5H3,(H,24,27)/t17-/m0/s1. The normalized spacial score (nSPS) is 12.3. The molecule has 3 aromatic rings. The van der Waals surface area contributed by atoms with Crippen LogP contribution in [-0.4, -0.2) is 27.3 Å². The Bertz CT molecular complexity index is 1100. The number of fused-ring (bicyclic) bond motifs is 1. The third-order valence-corrected chi connectivity index (χ3v) is 6.15. The van der Waals surface area contributed by atoms with Gasteiger partial charge in [0.25, 0.3) is 5.56 Å². The van der Waals surface area contributed by atoms with Gasteiger partial charge in [0.05, 0.1) is 22.3 Å². The number of carbonyl (C=O) groups is 1. The Hall–Kier alpha value is -2.60. The molecule has 0 radical (unpaired) electrons. The fourth-order valence-electron chi connectivity index (χ4n) is 2.89. The van der Waals surface area contributed by atoms with E-state index in [-0.39, 0.29) is 23.3 Å². The molecule has 1 aromatic heterocycles. The molecule has 1 N–H and O–H groups in total. The lowest BCUT2D eigenvalue weighted by molar-refractivity contribution is -0.119. The Morgan fingerprint density at radius 2 is 1.83 bits per heavy atom. The number of hydrogen-bond acceptors (Lipinski definition) is 4. The molecule has 0 fully saturated rings. The predicted octanol–water partition coefficient (Wildman–Crippen LogP) is 4.26. The Morgan fingerprint density at radius 1 is 1.10 bits per heavy atom. The summed E-state index contributed by atoms with van der Waals surface area (Å²) in [6.07, 6.45) is 0. The summed E-state index contributed by atoms with van der Waals surface area (Å²) in [4.78, 5) is 30.3. The molecule has 1 amide bonds. The molecule has 152 valence electrons. The van der Waals surface area contributed by atoms with E-state index in [1.807, 2.05) is 57.2 Å². The zero-order valence-electron chi connectivity index (χ0n) is 17.5. The first-order valence-corrected chi connectivity index (χ1v) is 10.8. The molecular formula is C23H27N3O2S. The van der Waals surface area contributed by atoms with Gasteiger partial charge in [-0.3, -0.25) is 14.2 Å². The van der Waals surface area contributed by atoms with Gasteiger partial charge in [-0.25, -0.2) is 4.98 Å². The number of nitrogens with one attached hydrogen (secondary N) is 1. The molecule has 0 aliphatic rings. The Morgan fingerprint density at radius 3 is 2.52 bits per heavy atom. The largest absolute Gasteiger partial charge is 0.353 e. The fourth-order valence-corrected chi connectivity index (χ4v) is 3.72. The van der Waals surface area contributed by atoms with Crippen LogP contribution in [0.5, 0.6) is 0 Å². The highest BCUT2D eigenvalue weighted by molar-refractivity contribution is 7.99. The maximum atomic E-state index is 13.3. The lowest BCUT2D eigenvalue weighted by atomic mass is 10.1. The van der Waals surface area contributed by atoms with E-state index < -0.39 is 0 Å². The lowest BCUT2D eigenvalue weighted by Crippen LogP contribution is -2.37. The molecule has 3 rings (SSSR count). The van der Waals surface area contributed by atoms with E-state index in [0.717, 1.165) is 16.8 Å². The topological polar surface area (TPSA) is 64.0 Å². The van der Waals surface area contributed by atoms with Crippen LogP contribution in [-0.2, 0) is 4.79 Å². The summed E-state index contributed by atoms with van der Waals surface area (Å²) < 4.78 is 1.61. The van der Waals surface area contributed by atoms with Gasteiger partial charge in [-0.15, -0.1) is 0 Å². The average molecular weight is 410 g/mol. The van der Waals surface area contributed by atoms with E-state index in [2.05, 4.69) is 19.2 Å². The molecule has 6 heteroatoms. The SMILES string of the molecule is Cc1ccc(-n2c(SCC(=O)N[C@@H](C)C(C)C)nc3ccccc3c2=O)cc1C. The summed E-state index contributed by atoms with van der Waals surface area (Å²) >= 11 is 1.28. The summed E-state index contributed by atoms with van der Waals surface area (Å²) in [6.45, 7) is 10.2. The average Bonchev–Trinajstić information content (AvgIpc) is 2.68. The van der Waals surface area contributed by atoms with Crippen LogP contribution in [0.3, 0.4) is 0 Å². The molecule has 0 unspecified atom stereocenters. The monoisotopic (exact) mass is 409 g/mol. The number of amides is 1. The summed E-state index contributed by atoms with van der Waals surface area (Å²) in [7, 11) is 0. The maximum Gasteiger partial charge on any atom is 0.266 e. The molecule has 29 heavy (non-hydrogen) atoms. The van der Waals surface area contributed by atoms with Crippen molar-refractivity contribution < 1.29 is 4.79 Å². The van der Waals surface area contributed by atoms with Crippen molar-refractivity contribution in [3.63, 3.8) is 0 Å². The number of nitrogens with zero attached hydrogens (tertiary/aromatic N) is 2. The maximum absolute atomic E-state index is 13.3. The highest BCUT2D eigenvalue weighted by Gasteiger charge is 2.16. The number of rotatable bonds is 6. The van der Waals surface area contributed by atoms with Crippen molar-refractivity contribution in [3.05, 3.63) is 63.9 Å². The van der Waals surface area contributed by atoms with Crippen LogP contribution in [0.1, 0.15) is 31.9 Å². The van der Waals surface area contributed by atoms with E-state index in [9.17, 15) is 9.59 Å². The van der Waals surface area contributed by atoms with Gasteiger partial charge in [0, 0.05) is 6.04 Å². The quantitative estimate of drug-likeness (QED) is 0.488. The van der Waals surface area contributed by atoms with Crippen molar-refractivity contribution in [2.45, 2.75) is 45.8 Å². The number of thioether (sulfide) groups is 1. The van der Waals surface area contributed by atoms with E-state index in [1.54, 1.807) is 10.6 Å². The van der Waals surface area contributed by atoms with Gasteiger partial charge < -0.3 is 5.32 Å². The van der Waals surface area contributed by atoms with Crippen molar-refractivity contribution in [3.8, 4) is 5.69 Å². The molecule has 5 nitrogen and oxygen atoms in total. The van der Waals surface area contributed by atoms with Gasteiger partial charge in [0.15, 0.2) is 5.16 Å². The molecular weight excluding hydrogens is 382 g/mol. The number of benzene rings is 2. The van der Waals surface area contributed by atoms with Crippen LogP contribution in [0.2, 0.25) is 0 Å². The first kappa shape index (κ1) is 21.1.